The maximum Gasteiger partial charge on any atom is 0.285 e. The summed E-state index contributed by atoms with van der Waals surface area (Å²) in [7, 11) is 0. The van der Waals surface area contributed by atoms with Gasteiger partial charge < -0.3 is 9.64 Å². The van der Waals surface area contributed by atoms with E-state index in [2.05, 4.69) is 29.3 Å². The molecule has 1 atom stereocenters. The Hall–Kier alpha value is -1.85. The lowest BCUT2D eigenvalue weighted by Gasteiger charge is -2.35. The highest BCUT2D eigenvalue weighted by Crippen LogP contribution is 2.29. The molecule has 0 bridgehead atoms. The molecule has 21 heavy (non-hydrogen) atoms. The Balaban J connectivity index is 1.88. The number of morpholine rings is 1. The number of rotatable bonds is 2. The Kier molecular flexibility index (Phi) is 3.94. The average Bonchev–Trinajstić information content (AvgIpc) is 2.51. The summed E-state index contributed by atoms with van der Waals surface area (Å²) in [6.45, 7) is 3.99. The summed E-state index contributed by atoms with van der Waals surface area (Å²) in [5, 5.41) is 6.34. The molecule has 6 heteroatoms. The first-order chi connectivity index (χ1) is 10.2. The predicted molar refractivity (Wildman–Crippen MR) is 82.0 cm³/mol. The fourth-order valence-electron chi connectivity index (χ4n) is 2.60. The van der Waals surface area contributed by atoms with Crippen molar-refractivity contribution in [2.75, 3.05) is 24.6 Å². The van der Waals surface area contributed by atoms with Gasteiger partial charge in [0.25, 0.3) is 5.56 Å². The van der Waals surface area contributed by atoms with Crippen molar-refractivity contribution in [3.63, 3.8) is 0 Å². The van der Waals surface area contributed by atoms with Crippen LogP contribution in [0.15, 0.2) is 35.3 Å². The van der Waals surface area contributed by atoms with Gasteiger partial charge in [0.15, 0.2) is 0 Å². The molecule has 2 aromatic rings. The van der Waals surface area contributed by atoms with E-state index in [0.29, 0.717) is 25.4 Å². The monoisotopic (exact) mass is 305 g/mol. The summed E-state index contributed by atoms with van der Waals surface area (Å²) >= 11 is 6.09. The van der Waals surface area contributed by atoms with Gasteiger partial charge in [-0.1, -0.05) is 35.9 Å². The highest BCUT2D eigenvalue weighted by atomic mass is 35.5. The second-order valence-electron chi connectivity index (χ2n) is 5.06. The van der Waals surface area contributed by atoms with Crippen LogP contribution in [0.5, 0.6) is 0 Å². The standard InChI is InChI=1S/C15H16ClN3O2/c1-10-4-2-3-5-11(10)13-9-19(6-7-21-13)12-8-17-18-15(20)14(12)16/h2-5,8,13H,6-7,9H2,1H3,(H,18,20). The first kappa shape index (κ1) is 14.1. The lowest BCUT2D eigenvalue weighted by Crippen LogP contribution is -2.39. The van der Waals surface area contributed by atoms with Crippen LogP contribution in [0.25, 0.3) is 0 Å². The van der Waals surface area contributed by atoms with Gasteiger partial charge in [-0.2, -0.15) is 5.10 Å². The number of anilines is 1. The number of hydrogen-bond donors (Lipinski definition) is 1. The summed E-state index contributed by atoms with van der Waals surface area (Å²) in [5.74, 6) is 0. The second-order valence-corrected chi connectivity index (χ2v) is 5.44. The van der Waals surface area contributed by atoms with E-state index in [1.165, 1.54) is 5.56 Å². The van der Waals surface area contributed by atoms with Gasteiger partial charge in [-0.25, -0.2) is 5.10 Å². The van der Waals surface area contributed by atoms with Crippen molar-refractivity contribution in [1.29, 1.82) is 0 Å². The Labute approximate surface area is 127 Å². The molecule has 0 radical (unpaired) electrons. The molecule has 1 aromatic carbocycles. The highest BCUT2D eigenvalue weighted by molar-refractivity contribution is 6.33. The van der Waals surface area contributed by atoms with Gasteiger partial charge in [0.05, 0.1) is 18.5 Å². The molecule has 1 aromatic heterocycles. The predicted octanol–water partition coefficient (Wildman–Crippen LogP) is 2.31. The van der Waals surface area contributed by atoms with Crippen LogP contribution < -0.4 is 10.5 Å². The summed E-state index contributed by atoms with van der Waals surface area (Å²) in [4.78, 5) is 13.6. The molecule has 1 fully saturated rings. The van der Waals surface area contributed by atoms with Crippen LogP contribution in [0.4, 0.5) is 5.69 Å². The molecule has 0 saturated carbocycles. The fraction of sp³-hybridized carbons (Fsp3) is 0.333. The van der Waals surface area contributed by atoms with Crippen LogP contribution in [0.1, 0.15) is 17.2 Å². The molecule has 5 nitrogen and oxygen atoms in total. The zero-order valence-corrected chi connectivity index (χ0v) is 12.4. The molecule has 2 heterocycles. The molecular formula is C15H16ClN3O2. The number of aryl methyl sites for hydroxylation is 1. The van der Waals surface area contributed by atoms with Gasteiger partial charge in [0.1, 0.15) is 11.1 Å². The number of H-pyrrole nitrogens is 1. The number of ether oxygens (including phenoxy) is 1. The van der Waals surface area contributed by atoms with Crippen LogP contribution in [-0.4, -0.2) is 29.9 Å². The number of aromatic amines is 1. The SMILES string of the molecule is Cc1ccccc1C1CN(c2cn[nH]c(=O)c2Cl)CCO1. The Bertz CT molecular complexity index is 701. The summed E-state index contributed by atoms with van der Waals surface area (Å²) in [6.07, 6.45) is 1.56. The molecule has 3 rings (SSSR count). The van der Waals surface area contributed by atoms with Gasteiger partial charge >= 0.3 is 0 Å². The van der Waals surface area contributed by atoms with Gasteiger partial charge in [0.2, 0.25) is 0 Å². The minimum atomic E-state index is -0.367. The number of nitrogens with zero attached hydrogens (tertiary/aromatic N) is 2. The lowest BCUT2D eigenvalue weighted by molar-refractivity contribution is 0.0394. The van der Waals surface area contributed by atoms with E-state index in [0.717, 1.165) is 5.56 Å². The minimum Gasteiger partial charge on any atom is -0.370 e. The zero-order chi connectivity index (χ0) is 14.8. The average molecular weight is 306 g/mol. The van der Waals surface area contributed by atoms with Crippen molar-refractivity contribution < 1.29 is 4.74 Å². The summed E-state index contributed by atoms with van der Waals surface area (Å²) in [6, 6.07) is 8.16. The van der Waals surface area contributed by atoms with Crippen molar-refractivity contribution in [2.45, 2.75) is 13.0 Å². The van der Waals surface area contributed by atoms with Crippen molar-refractivity contribution in [1.82, 2.24) is 10.2 Å². The van der Waals surface area contributed by atoms with E-state index >= 15 is 0 Å². The number of halogens is 1. The lowest BCUT2D eigenvalue weighted by atomic mass is 10.0. The molecule has 1 saturated heterocycles. The zero-order valence-electron chi connectivity index (χ0n) is 11.7. The summed E-state index contributed by atoms with van der Waals surface area (Å²) in [5.41, 5.74) is 2.64. The highest BCUT2D eigenvalue weighted by Gasteiger charge is 2.25. The molecule has 0 aliphatic carbocycles. The normalized spacial score (nSPS) is 18.8. The maximum atomic E-state index is 11.6. The summed E-state index contributed by atoms with van der Waals surface area (Å²) < 4.78 is 5.88. The topological polar surface area (TPSA) is 58.2 Å². The van der Waals surface area contributed by atoms with Gasteiger partial charge in [0, 0.05) is 13.1 Å². The molecule has 0 spiro atoms. The number of hydrogen-bond acceptors (Lipinski definition) is 4. The van der Waals surface area contributed by atoms with Gasteiger partial charge in [-0.15, -0.1) is 0 Å². The third-order valence-electron chi connectivity index (χ3n) is 3.72. The molecular weight excluding hydrogens is 290 g/mol. The van der Waals surface area contributed by atoms with Crippen LogP contribution in [0.2, 0.25) is 5.02 Å². The smallest absolute Gasteiger partial charge is 0.285 e. The third-order valence-corrected chi connectivity index (χ3v) is 4.08. The van der Waals surface area contributed by atoms with E-state index < -0.39 is 0 Å². The Morgan fingerprint density at radius 1 is 1.43 bits per heavy atom. The Morgan fingerprint density at radius 3 is 3.05 bits per heavy atom. The van der Waals surface area contributed by atoms with Crippen molar-refractivity contribution >= 4 is 17.3 Å². The number of nitrogens with one attached hydrogen (secondary N) is 1. The van der Waals surface area contributed by atoms with E-state index in [4.69, 9.17) is 16.3 Å². The van der Waals surface area contributed by atoms with Crippen LogP contribution in [0, 0.1) is 6.92 Å². The van der Waals surface area contributed by atoms with Crippen LogP contribution >= 0.6 is 11.6 Å². The van der Waals surface area contributed by atoms with Crippen molar-refractivity contribution in [3.05, 3.63) is 57.0 Å². The van der Waals surface area contributed by atoms with Gasteiger partial charge in [-0.05, 0) is 18.1 Å². The number of benzene rings is 1. The van der Waals surface area contributed by atoms with E-state index in [-0.39, 0.29) is 16.7 Å². The minimum absolute atomic E-state index is 0.0321. The Morgan fingerprint density at radius 2 is 2.24 bits per heavy atom. The maximum absolute atomic E-state index is 11.6. The van der Waals surface area contributed by atoms with Crippen LogP contribution in [0.3, 0.4) is 0 Å². The second kappa shape index (κ2) is 5.87. The first-order valence-corrected chi connectivity index (χ1v) is 7.20. The third kappa shape index (κ3) is 2.80. The van der Waals surface area contributed by atoms with Gasteiger partial charge in [-0.3, -0.25) is 4.79 Å². The fourth-order valence-corrected chi connectivity index (χ4v) is 2.81. The van der Waals surface area contributed by atoms with E-state index in [1.54, 1.807) is 6.20 Å². The quantitative estimate of drug-likeness (QED) is 0.925. The van der Waals surface area contributed by atoms with E-state index in [9.17, 15) is 4.79 Å². The van der Waals surface area contributed by atoms with Crippen LogP contribution in [-0.2, 0) is 4.74 Å². The molecule has 1 unspecified atom stereocenters. The van der Waals surface area contributed by atoms with Crippen molar-refractivity contribution in [3.8, 4) is 0 Å². The molecule has 1 aliphatic heterocycles. The molecule has 0 amide bonds. The van der Waals surface area contributed by atoms with Crippen molar-refractivity contribution in [2.24, 2.45) is 0 Å². The molecule has 1 N–H and O–H groups in total. The van der Waals surface area contributed by atoms with E-state index in [1.807, 2.05) is 17.0 Å². The number of aromatic nitrogens is 2. The first-order valence-electron chi connectivity index (χ1n) is 6.82. The largest absolute Gasteiger partial charge is 0.370 e. The molecule has 110 valence electrons. The molecule has 1 aliphatic rings.